The fraction of sp³-hybridized carbons (Fsp3) is 0.250. The lowest BCUT2D eigenvalue weighted by molar-refractivity contribution is 0.0278. The number of fused-ring (bicyclic) bond motifs is 2. The maximum absolute atomic E-state index is 12.3. The van der Waals surface area contributed by atoms with Gasteiger partial charge >= 0.3 is 6.09 Å². The van der Waals surface area contributed by atoms with Gasteiger partial charge in [0.25, 0.3) is 0 Å². The summed E-state index contributed by atoms with van der Waals surface area (Å²) >= 11 is 0. The van der Waals surface area contributed by atoms with E-state index in [1.54, 1.807) is 25.6 Å². The van der Waals surface area contributed by atoms with Crippen LogP contribution in [0.5, 0.6) is 5.75 Å². The van der Waals surface area contributed by atoms with Gasteiger partial charge in [0.05, 0.1) is 29.5 Å². The number of aromatic amines is 2. The Kier molecular flexibility index (Phi) is 6.10. The van der Waals surface area contributed by atoms with Crippen LogP contribution in [-0.2, 0) is 4.74 Å². The molecule has 0 saturated carbocycles. The van der Waals surface area contributed by atoms with Crippen LogP contribution in [0.2, 0.25) is 0 Å². The Hall–Kier alpha value is -4.33. The molecule has 0 saturated heterocycles. The summed E-state index contributed by atoms with van der Waals surface area (Å²) in [5.74, 6) is 0.615. The first-order valence-corrected chi connectivity index (χ1v) is 11.9. The first-order chi connectivity index (χ1) is 17.3. The molecule has 0 spiro atoms. The van der Waals surface area contributed by atoms with E-state index in [1.165, 1.54) is 4.90 Å². The number of nitrogens with one attached hydrogen (secondary N) is 2. The molecule has 0 bridgehead atoms. The van der Waals surface area contributed by atoms with Crippen LogP contribution in [0, 0.1) is 0 Å². The van der Waals surface area contributed by atoms with Crippen LogP contribution in [0.3, 0.4) is 0 Å². The molecule has 5 aromatic rings. The maximum Gasteiger partial charge on any atom is 0.410 e. The van der Waals surface area contributed by atoms with Crippen molar-refractivity contribution in [2.24, 2.45) is 0 Å². The monoisotopic (exact) mass is 483 g/mol. The maximum atomic E-state index is 12.3. The SMILES string of the molecule is CN(CCOc1cnccc1-c1[nH]c2cccnc2c1-c1ccc2cc[nH]c2c1)C(=O)OC(C)(C)C. The molecule has 0 fully saturated rings. The van der Waals surface area contributed by atoms with Crippen LogP contribution in [0.15, 0.2) is 67.3 Å². The molecule has 184 valence electrons. The highest BCUT2D eigenvalue weighted by atomic mass is 16.6. The Labute approximate surface area is 209 Å². The molecular weight excluding hydrogens is 454 g/mol. The summed E-state index contributed by atoms with van der Waals surface area (Å²) < 4.78 is 11.6. The van der Waals surface area contributed by atoms with Gasteiger partial charge in [-0.3, -0.25) is 9.97 Å². The van der Waals surface area contributed by atoms with Crippen molar-refractivity contribution >= 4 is 28.0 Å². The van der Waals surface area contributed by atoms with E-state index in [2.05, 4.69) is 44.2 Å². The fourth-order valence-corrected chi connectivity index (χ4v) is 4.13. The highest BCUT2D eigenvalue weighted by Crippen LogP contribution is 2.41. The predicted molar refractivity (Wildman–Crippen MR) is 141 cm³/mol. The van der Waals surface area contributed by atoms with Gasteiger partial charge in [0, 0.05) is 42.3 Å². The minimum atomic E-state index is -0.550. The van der Waals surface area contributed by atoms with E-state index in [0.29, 0.717) is 12.3 Å². The molecule has 4 heterocycles. The molecule has 0 aliphatic rings. The quantitative estimate of drug-likeness (QED) is 0.308. The second-order valence-corrected chi connectivity index (χ2v) is 9.68. The Morgan fingerprint density at radius 1 is 1.08 bits per heavy atom. The van der Waals surface area contributed by atoms with Gasteiger partial charge in [-0.2, -0.15) is 0 Å². The number of rotatable bonds is 6. The number of carbonyl (C=O) groups excluding carboxylic acids is 1. The average molecular weight is 484 g/mol. The van der Waals surface area contributed by atoms with Crippen molar-refractivity contribution in [2.45, 2.75) is 26.4 Å². The van der Waals surface area contributed by atoms with Gasteiger partial charge in [0.2, 0.25) is 0 Å². The van der Waals surface area contributed by atoms with Crippen molar-refractivity contribution in [3.05, 3.63) is 67.3 Å². The second-order valence-electron chi connectivity index (χ2n) is 9.68. The van der Waals surface area contributed by atoms with Crippen molar-refractivity contribution < 1.29 is 14.3 Å². The average Bonchev–Trinajstić information content (AvgIpc) is 3.47. The van der Waals surface area contributed by atoms with E-state index < -0.39 is 5.60 Å². The predicted octanol–water partition coefficient (Wildman–Crippen LogP) is 6.02. The lowest BCUT2D eigenvalue weighted by Crippen LogP contribution is -2.36. The van der Waals surface area contributed by atoms with Gasteiger partial charge < -0.3 is 24.3 Å². The number of ether oxygens (including phenoxy) is 2. The van der Waals surface area contributed by atoms with Crippen molar-refractivity contribution in [1.29, 1.82) is 0 Å². The number of hydrogen-bond donors (Lipinski definition) is 2. The highest BCUT2D eigenvalue weighted by Gasteiger charge is 2.21. The zero-order valence-electron chi connectivity index (χ0n) is 20.8. The summed E-state index contributed by atoms with van der Waals surface area (Å²) in [4.78, 5) is 29.6. The highest BCUT2D eigenvalue weighted by molar-refractivity contribution is 6.03. The van der Waals surface area contributed by atoms with Crippen LogP contribution in [-0.4, -0.2) is 56.7 Å². The number of H-pyrrole nitrogens is 2. The van der Waals surface area contributed by atoms with E-state index >= 15 is 0 Å². The molecule has 0 atom stereocenters. The minimum Gasteiger partial charge on any atom is -0.489 e. The number of hydrogen-bond acceptors (Lipinski definition) is 5. The van der Waals surface area contributed by atoms with E-state index in [0.717, 1.165) is 44.3 Å². The topological polar surface area (TPSA) is 96.1 Å². The Bertz CT molecular complexity index is 1530. The summed E-state index contributed by atoms with van der Waals surface area (Å²) in [5.41, 5.74) is 6.11. The third-order valence-electron chi connectivity index (χ3n) is 5.84. The molecule has 36 heavy (non-hydrogen) atoms. The zero-order chi connectivity index (χ0) is 25.3. The van der Waals surface area contributed by atoms with E-state index in [4.69, 9.17) is 9.47 Å². The molecule has 0 aliphatic carbocycles. The molecule has 8 heteroatoms. The molecule has 0 radical (unpaired) electrons. The number of likely N-dealkylation sites (N-methyl/N-ethyl adjacent to an activating group) is 1. The summed E-state index contributed by atoms with van der Waals surface area (Å²) in [6.07, 6.45) is 6.78. The van der Waals surface area contributed by atoms with E-state index in [1.807, 2.05) is 45.2 Å². The van der Waals surface area contributed by atoms with Crippen molar-refractivity contribution in [3.63, 3.8) is 0 Å². The van der Waals surface area contributed by atoms with Gasteiger partial charge in [-0.25, -0.2) is 4.79 Å². The van der Waals surface area contributed by atoms with Crippen LogP contribution in [0.1, 0.15) is 20.8 Å². The Morgan fingerprint density at radius 3 is 2.78 bits per heavy atom. The number of carbonyl (C=O) groups is 1. The zero-order valence-corrected chi connectivity index (χ0v) is 20.8. The molecule has 4 aromatic heterocycles. The standard InChI is InChI=1S/C28H29N5O3/c1-28(2,3)36-27(34)33(4)14-15-35-23-17-29-12-10-20(23)25-24(26-21(32-25)6-5-11-31-26)19-8-7-18-9-13-30-22(18)16-19/h5-13,16-17,30,32H,14-15H2,1-4H3. The van der Waals surface area contributed by atoms with Crippen molar-refractivity contribution in [1.82, 2.24) is 24.8 Å². The number of pyridine rings is 2. The minimum absolute atomic E-state index is 0.288. The van der Waals surface area contributed by atoms with E-state index in [-0.39, 0.29) is 12.7 Å². The number of nitrogens with zero attached hydrogens (tertiary/aromatic N) is 3. The largest absolute Gasteiger partial charge is 0.489 e. The third-order valence-corrected chi connectivity index (χ3v) is 5.84. The van der Waals surface area contributed by atoms with Gasteiger partial charge in [-0.05, 0) is 62.1 Å². The summed E-state index contributed by atoms with van der Waals surface area (Å²) in [5, 5.41) is 1.15. The van der Waals surface area contributed by atoms with Gasteiger partial charge in [0.1, 0.15) is 18.0 Å². The molecular formula is C28H29N5O3. The molecule has 8 nitrogen and oxygen atoms in total. The third kappa shape index (κ3) is 4.75. The van der Waals surface area contributed by atoms with Crippen LogP contribution < -0.4 is 4.74 Å². The smallest absolute Gasteiger partial charge is 0.410 e. The van der Waals surface area contributed by atoms with Crippen LogP contribution in [0.4, 0.5) is 4.79 Å². The molecule has 0 unspecified atom stereocenters. The fourth-order valence-electron chi connectivity index (χ4n) is 4.13. The van der Waals surface area contributed by atoms with Gasteiger partial charge in [-0.15, -0.1) is 0 Å². The van der Waals surface area contributed by atoms with Crippen LogP contribution in [0.25, 0.3) is 44.3 Å². The Morgan fingerprint density at radius 2 is 1.94 bits per heavy atom. The number of benzene rings is 1. The molecule has 5 rings (SSSR count). The second kappa shape index (κ2) is 9.37. The van der Waals surface area contributed by atoms with Crippen molar-refractivity contribution in [2.75, 3.05) is 20.2 Å². The number of aromatic nitrogens is 4. The molecule has 1 amide bonds. The normalized spacial score (nSPS) is 11.7. The number of amides is 1. The summed E-state index contributed by atoms with van der Waals surface area (Å²) in [6, 6.07) is 14.2. The van der Waals surface area contributed by atoms with Crippen LogP contribution >= 0.6 is 0 Å². The van der Waals surface area contributed by atoms with E-state index in [9.17, 15) is 4.79 Å². The molecule has 1 aromatic carbocycles. The summed E-state index contributed by atoms with van der Waals surface area (Å²) in [7, 11) is 1.69. The Balaban J connectivity index is 1.47. The lowest BCUT2D eigenvalue weighted by atomic mass is 9.99. The first-order valence-electron chi connectivity index (χ1n) is 11.9. The summed E-state index contributed by atoms with van der Waals surface area (Å²) in [6.45, 7) is 6.19. The molecule has 0 aliphatic heterocycles. The van der Waals surface area contributed by atoms with Crippen molar-refractivity contribution in [3.8, 4) is 28.1 Å². The lowest BCUT2D eigenvalue weighted by Gasteiger charge is -2.24. The molecule has 2 N–H and O–H groups in total. The first kappa shape index (κ1) is 23.4. The van der Waals surface area contributed by atoms with Gasteiger partial charge in [-0.1, -0.05) is 12.1 Å². The van der Waals surface area contributed by atoms with Gasteiger partial charge in [0.15, 0.2) is 0 Å².